The van der Waals surface area contributed by atoms with Gasteiger partial charge in [-0.2, -0.15) is 0 Å². The molecule has 1 rings (SSSR count). The average Bonchev–Trinajstić information content (AvgIpc) is 2.38. The molecule has 0 aliphatic heterocycles. The van der Waals surface area contributed by atoms with Crippen LogP contribution < -0.4 is 10.6 Å². The zero-order valence-electron chi connectivity index (χ0n) is 13.4. The van der Waals surface area contributed by atoms with Gasteiger partial charge in [-0.3, -0.25) is 4.79 Å². The number of hydrogen-bond acceptors (Lipinski definition) is 2. The summed E-state index contributed by atoms with van der Waals surface area (Å²) in [6.45, 7) is 4.94. The van der Waals surface area contributed by atoms with Crippen LogP contribution in [0.25, 0.3) is 0 Å². The van der Waals surface area contributed by atoms with Crippen molar-refractivity contribution in [2.24, 2.45) is 11.8 Å². The molecule has 1 saturated carbocycles. The van der Waals surface area contributed by atoms with E-state index < -0.39 is 5.97 Å². The minimum Gasteiger partial charge on any atom is -0.481 e. The van der Waals surface area contributed by atoms with Crippen LogP contribution in [0.5, 0.6) is 0 Å². The Morgan fingerprint density at radius 3 is 2.76 bits per heavy atom. The van der Waals surface area contributed by atoms with E-state index in [9.17, 15) is 9.59 Å². The quantitative estimate of drug-likeness (QED) is 0.644. The predicted molar refractivity (Wildman–Crippen MR) is 83.2 cm³/mol. The smallest absolute Gasteiger partial charge is 0.314 e. The molecular formula is C16H30N2O3. The lowest BCUT2D eigenvalue weighted by Crippen LogP contribution is -2.41. The molecule has 0 heterocycles. The first-order valence-corrected chi connectivity index (χ1v) is 8.23. The maximum absolute atomic E-state index is 11.7. The summed E-state index contributed by atoms with van der Waals surface area (Å²) in [4.78, 5) is 22.1. The Labute approximate surface area is 127 Å². The van der Waals surface area contributed by atoms with Crippen molar-refractivity contribution in [2.75, 3.05) is 6.54 Å². The summed E-state index contributed by atoms with van der Waals surface area (Å²) in [5.74, 6) is 0.794. The molecule has 3 unspecified atom stereocenters. The van der Waals surface area contributed by atoms with Crippen LogP contribution in [0.3, 0.4) is 0 Å². The zero-order valence-corrected chi connectivity index (χ0v) is 13.4. The van der Waals surface area contributed by atoms with Crippen molar-refractivity contribution in [2.45, 2.75) is 71.3 Å². The van der Waals surface area contributed by atoms with E-state index in [1.54, 1.807) is 0 Å². The normalized spacial score (nSPS) is 23.3. The van der Waals surface area contributed by atoms with E-state index in [4.69, 9.17) is 5.11 Å². The molecule has 0 aromatic heterocycles. The minimum absolute atomic E-state index is 0.0130. The Bertz CT molecular complexity index is 333. The average molecular weight is 298 g/mol. The third-order valence-electron chi connectivity index (χ3n) is 4.29. The third-order valence-corrected chi connectivity index (χ3v) is 4.29. The monoisotopic (exact) mass is 298 g/mol. The molecule has 3 N–H and O–H groups in total. The van der Waals surface area contributed by atoms with Crippen molar-refractivity contribution < 1.29 is 14.7 Å². The lowest BCUT2D eigenvalue weighted by molar-refractivity contribution is -0.137. The second-order valence-corrected chi connectivity index (χ2v) is 6.51. The highest BCUT2D eigenvalue weighted by molar-refractivity contribution is 5.74. The van der Waals surface area contributed by atoms with E-state index in [1.165, 1.54) is 25.7 Å². The number of carbonyl (C=O) groups is 2. The van der Waals surface area contributed by atoms with Crippen molar-refractivity contribution in [3.8, 4) is 0 Å². The molecule has 1 fully saturated rings. The fraction of sp³-hybridized carbons (Fsp3) is 0.875. The van der Waals surface area contributed by atoms with Crippen LogP contribution in [0, 0.1) is 11.8 Å². The fourth-order valence-corrected chi connectivity index (χ4v) is 3.12. The molecule has 0 aromatic rings. The number of rotatable bonds is 8. The van der Waals surface area contributed by atoms with Crippen molar-refractivity contribution in [3.63, 3.8) is 0 Å². The second-order valence-electron chi connectivity index (χ2n) is 6.51. The lowest BCUT2D eigenvalue weighted by atomic mass is 9.81. The first-order chi connectivity index (χ1) is 9.97. The van der Waals surface area contributed by atoms with Crippen LogP contribution in [-0.4, -0.2) is 29.7 Å². The number of carboxylic acid groups (broad SMARTS) is 1. The van der Waals surface area contributed by atoms with Gasteiger partial charge in [-0.25, -0.2) is 4.79 Å². The van der Waals surface area contributed by atoms with Gasteiger partial charge in [0.15, 0.2) is 0 Å². The molecular weight excluding hydrogens is 268 g/mol. The van der Waals surface area contributed by atoms with E-state index >= 15 is 0 Å². The largest absolute Gasteiger partial charge is 0.481 e. The predicted octanol–water partition coefficient (Wildman–Crippen LogP) is 3.15. The van der Waals surface area contributed by atoms with Crippen LogP contribution in [0.15, 0.2) is 0 Å². The number of aliphatic carboxylic acids is 1. The van der Waals surface area contributed by atoms with E-state index in [0.717, 1.165) is 24.8 Å². The molecule has 0 radical (unpaired) electrons. The fourth-order valence-electron chi connectivity index (χ4n) is 3.12. The van der Waals surface area contributed by atoms with Crippen molar-refractivity contribution >= 4 is 12.0 Å². The summed E-state index contributed by atoms with van der Waals surface area (Å²) >= 11 is 0. The molecule has 5 heteroatoms. The topological polar surface area (TPSA) is 78.4 Å². The van der Waals surface area contributed by atoms with Gasteiger partial charge < -0.3 is 15.7 Å². The minimum atomic E-state index is -0.784. The van der Waals surface area contributed by atoms with Crippen LogP contribution in [0.1, 0.15) is 65.2 Å². The molecule has 3 atom stereocenters. The summed E-state index contributed by atoms with van der Waals surface area (Å²) < 4.78 is 0. The first-order valence-electron chi connectivity index (χ1n) is 8.23. The van der Waals surface area contributed by atoms with Gasteiger partial charge in [-0.1, -0.05) is 26.2 Å². The standard InChI is InChI=1S/C16H30N2O3/c1-12-5-3-7-14(11-12)9-10-17-16(21)18-13(2)6-4-8-15(19)20/h12-14H,3-11H2,1-2H3,(H,19,20)(H2,17,18,21). The number of hydrogen-bond donors (Lipinski definition) is 3. The molecule has 21 heavy (non-hydrogen) atoms. The Morgan fingerprint density at radius 1 is 1.33 bits per heavy atom. The molecule has 0 bridgehead atoms. The molecule has 0 spiro atoms. The van der Waals surface area contributed by atoms with Gasteiger partial charge in [0, 0.05) is 19.0 Å². The molecule has 5 nitrogen and oxygen atoms in total. The highest BCUT2D eigenvalue weighted by Gasteiger charge is 2.18. The first kappa shape index (κ1) is 17.8. The Morgan fingerprint density at radius 2 is 2.10 bits per heavy atom. The molecule has 1 aliphatic rings. The summed E-state index contributed by atoms with van der Waals surface area (Å²) in [6.07, 6.45) is 7.75. The Kier molecular flexibility index (Phi) is 8.16. The van der Waals surface area contributed by atoms with Crippen LogP contribution >= 0.6 is 0 Å². The van der Waals surface area contributed by atoms with Gasteiger partial charge in [-0.05, 0) is 44.4 Å². The maximum Gasteiger partial charge on any atom is 0.314 e. The second kappa shape index (κ2) is 9.64. The van der Waals surface area contributed by atoms with Crippen LogP contribution in [0.4, 0.5) is 4.79 Å². The third kappa shape index (κ3) is 8.58. The zero-order chi connectivity index (χ0) is 15.7. The van der Waals surface area contributed by atoms with Gasteiger partial charge in [0.05, 0.1) is 0 Å². The van der Waals surface area contributed by atoms with E-state index in [2.05, 4.69) is 17.6 Å². The summed E-state index contributed by atoms with van der Waals surface area (Å²) in [5.41, 5.74) is 0. The summed E-state index contributed by atoms with van der Waals surface area (Å²) in [5, 5.41) is 14.3. The van der Waals surface area contributed by atoms with Gasteiger partial charge >= 0.3 is 12.0 Å². The van der Waals surface area contributed by atoms with Gasteiger partial charge in [-0.15, -0.1) is 0 Å². The Hall–Kier alpha value is -1.26. The summed E-state index contributed by atoms with van der Waals surface area (Å²) in [7, 11) is 0. The van der Waals surface area contributed by atoms with Gasteiger partial charge in [0.1, 0.15) is 0 Å². The molecule has 0 aromatic carbocycles. The van der Waals surface area contributed by atoms with E-state index in [0.29, 0.717) is 12.8 Å². The number of carbonyl (C=O) groups excluding carboxylic acids is 1. The maximum atomic E-state index is 11.7. The number of amides is 2. The number of carboxylic acids is 1. The highest BCUT2D eigenvalue weighted by atomic mass is 16.4. The molecule has 0 saturated heterocycles. The highest BCUT2D eigenvalue weighted by Crippen LogP contribution is 2.30. The van der Waals surface area contributed by atoms with Gasteiger partial charge in [0.2, 0.25) is 0 Å². The van der Waals surface area contributed by atoms with Crippen molar-refractivity contribution in [1.29, 1.82) is 0 Å². The summed E-state index contributed by atoms with van der Waals surface area (Å²) in [6, 6.07) is -0.124. The Balaban J connectivity index is 2.06. The van der Waals surface area contributed by atoms with Crippen molar-refractivity contribution in [3.05, 3.63) is 0 Å². The molecule has 2 amide bonds. The molecule has 122 valence electrons. The number of urea groups is 1. The number of nitrogens with one attached hydrogen (secondary N) is 2. The van der Waals surface area contributed by atoms with Crippen LogP contribution in [-0.2, 0) is 4.79 Å². The van der Waals surface area contributed by atoms with Crippen molar-refractivity contribution in [1.82, 2.24) is 10.6 Å². The SMILES string of the molecule is CC1CCCC(CCNC(=O)NC(C)CCCC(=O)O)C1. The lowest BCUT2D eigenvalue weighted by Gasteiger charge is -2.26. The van der Waals surface area contributed by atoms with E-state index in [-0.39, 0.29) is 18.5 Å². The van der Waals surface area contributed by atoms with Gasteiger partial charge in [0.25, 0.3) is 0 Å². The van der Waals surface area contributed by atoms with Crippen LogP contribution in [0.2, 0.25) is 0 Å². The van der Waals surface area contributed by atoms with E-state index in [1.807, 2.05) is 6.92 Å². The molecule has 1 aliphatic carbocycles.